The first-order chi connectivity index (χ1) is 7.79. The van der Waals surface area contributed by atoms with E-state index in [1.165, 1.54) is 0 Å². The Morgan fingerprint density at radius 2 is 2.31 bits per heavy atom. The zero-order chi connectivity index (χ0) is 11.1. The molecule has 5 nitrogen and oxygen atoms in total. The molecule has 0 amide bonds. The Balaban J connectivity index is 2.20. The van der Waals surface area contributed by atoms with E-state index in [2.05, 4.69) is 19.9 Å². The smallest absolute Gasteiger partial charge is 0.226 e. The van der Waals surface area contributed by atoms with E-state index in [1.807, 2.05) is 19.3 Å². The molecule has 84 valence electrons. The second kappa shape index (κ2) is 3.61. The molecule has 0 saturated carbocycles. The summed E-state index contributed by atoms with van der Waals surface area (Å²) in [4.78, 5) is 8.40. The van der Waals surface area contributed by atoms with Gasteiger partial charge in [0.25, 0.3) is 0 Å². The summed E-state index contributed by atoms with van der Waals surface area (Å²) in [6.45, 7) is 1.47. The molecule has 1 saturated heterocycles. The summed E-state index contributed by atoms with van der Waals surface area (Å²) in [5.74, 6) is 0.758. The van der Waals surface area contributed by atoms with Gasteiger partial charge in [0.15, 0.2) is 0 Å². The van der Waals surface area contributed by atoms with Crippen molar-refractivity contribution >= 4 is 28.5 Å². The predicted molar refractivity (Wildman–Crippen MR) is 61.9 cm³/mol. The first-order valence-corrected chi connectivity index (χ1v) is 5.47. The normalized spacial score (nSPS) is 16.4. The van der Waals surface area contributed by atoms with E-state index in [1.54, 1.807) is 0 Å². The topological polar surface area (TPSA) is 52.0 Å². The van der Waals surface area contributed by atoms with Gasteiger partial charge in [-0.2, -0.15) is 4.98 Å². The quantitative estimate of drug-likeness (QED) is 0.810. The third kappa shape index (κ3) is 1.36. The fourth-order valence-corrected chi connectivity index (χ4v) is 2.04. The molecule has 0 bridgehead atoms. The van der Waals surface area contributed by atoms with Crippen LogP contribution in [0.25, 0.3) is 11.0 Å². The van der Waals surface area contributed by atoms with Crippen molar-refractivity contribution in [2.75, 3.05) is 25.6 Å². The van der Waals surface area contributed by atoms with Gasteiger partial charge in [0.05, 0.1) is 24.6 Å². The average Bonchev–Trinajstić information content (AvgIpc) is 2.58. The number of halogens is 1. The van der Waals surface area contributed by atoms with Gasteiger partial charge in [0.2, 0.25) is 5.28 Å². The zero-order valence-corrected chi connectivity index (χ0v) is 9.53. The molecule has 0 spiro atoms. The summed E-state index contributed by atoms with van der Waals surface area (Å²) in [7, 11) is 1.82. The van der Waals surface area contributed by atoms with E-state index >= 15 is 0 Å². The van der Waals surface area contributed by atoms with E-state index < -0.39 is 0 Å². The lowest BCUT2D eigenvalue weighted by molar-refractivity contribution is -0.0216. The number of hydrogen-bond donors (Lipinski definition) is 1. The Hall–Kier alpha value is -1.33. The number of aromatic nitrogens is 3. The molecule has 0 aliphatic carbocycles. The summed E-state index contributed by atoms with van der Waals surface area (Å²) < 4.78 is 7.27. The molecule has 3 heterocycles. The number of anilines is 1. The van der Waals surface area contributed by atoms with Gasteiger partial charge in [-0.15, -0.1) is 0 Å². The molecule has 1 aliphatic heterocycles. The van der Waals surface area contributed by atoms with Crippen molar-refractivity contribution in [2.24, 2.45) is 0 Å². The Morgan fingerprint density at radius 1 is 1.50 bits per heavy atom. The van der Waals surface area contributed by atoms with Crippen LogP contribution in [0.1, 0.15) is 6.04 Å². The minimum atomic E-state index is 0.261. The lowest BCUT2D eigenvalue weighted by Gasteiger charge is -2.27. The van der Waals surface area contributed by atoms with Crippen LogP contribution in [0, 0.1) is 0 Å². The first-order valence-electron chi connectivity index (χ1n) is 5.09. The second-order valence-corrected chi connectivity index (χ2v) is 4.08. The summed E-state index contributed by atoms with van der Waals surface area (Å²) in [6, 6.07) is 2.36. The van der Waals surface area contributed by atoms with Crippen molar-refractivity contribution in [3.8, 4) is 0 Å². The molecule has 1 N–H and O–H groups in total. The highest BCUT2D eigenvalue weighted by Gasteiger charge is 2.23. The van der Waals surface area contributed by atoms with Crippen LogP contribution in [-0.4, -0.2) is 34.8 Å². The second-order valence-electron chi connectivity index (χ2n) is 3.74. The average molecular weight is 239 g/mol. The van der Waals surface area contributed by atoms with Gasteiger partial charge in [-0.1, -0.05) is 0 Å². The van der Waals surface area contributed by atoms with Crippen LogP contribution in [-0.2, 0) is 4.74 Å². The van der Waals surface area contributed by atoms with Gasteiger partial charge < -0.3 is 14.6 Å². The van der Waals surface area contributed by atoms with E-state index in [9.17, 15) is 0 Å². The van der Waals surface area contributed by atoms with Crippen molar-refractivity contribution in [1.29, 1.82) is 0 Å². The molecule has 16 heavy (non-hydrogen) atoms. The van der Waals surface area contributed by atoms with Gasteiger partial charge in [0.1, 0.15) is 11.5 Å². The van der Waals surface area contributed by atoms with Gasteiger partial charge in [-0.05, 0) is 17.7 Å². The maximum Gasteiger partial charge on any atom is 0.226 e. The van der Waals surface area contributed by atoms with Crippen LogP contribution in [0.4, 0.5) is 5.82 Å². The number of hydrogen-bond acceptors (Lipinski definition) is 4. The molecule has 2 aromatic heterocycles. The summed E-state index contributed by atoms with van der Waals surface area (Å²) in [5, 5.41) is 4.27. The third-order valence-electron chi connectivity index (χ3n) is 2.80. The lowest BCUT2D eigenvalue weighted by Crippen LogP contribution is -2.30. The third-order valence-corrected chi connectivity index (χ3v) is 2.96. The maximum atomic E-state index is 5.89. The van der Waals surface area contributed by atoms with Crippen LogP contribution < -0.4 is 5.32 Å². The zero-order valence-electron chi connectivity index (χ0n) is 8.77. The standard InChI is InChI=1S/C10H11ClN4O/c1-12-8-7-2-3-15(6-4-16-5-6)9(7)14-10(11)13-8/h2-3,6H,4-5H2,1H3,(H,12,13,14). The van der Waals surface area contributed by atoms with E-state index in [0.29, 0.717) is 6.04 Å². The summed E-state index contributed by atoms with van der Waals surface area (Å²) >= 11 is 5.89. The van der Waals surface area contributed by atoms with E-state index in [-0.39, 0.29) is 5.28 Å². The first kappa shape index (κ1) is 9.86. The number of fused-ring (bicyclic) bond motifs is 1. The molecule has 0 atom stereocenters. The highest BCUT2D eigenvalue weighted by atomic mass is 35.5. The molecule has 2 aromatic rings. The van der Waals surface area contributed by atoms with Crippen molar-refractivity contribution < 1.29 is 4.74 Å². The van der Waals surface area contributed by atoms with E-state index in [4.69, 9.17) is 16.3 Å². The minimum Gasteiger partial charge on any atom is -0.377 e. The van der Waals surface area contributed by atoms with Gasteiger partial charge in [0, 0.05) is 13.2 Å². The maximum absolute atomic E-state index is 5.89. The highest BCUT2D eigenvalue weighted by molar-refractivity contribution is 6.28. The molecular formula is C10H11ClN4O. The minimum absolute atomic E-state index is 0.261. The van der Waals surface area contributed by atoms with Crippen LogP contribution in [0.5, 0.6) is 0 Å². The number of nitrogens with zero attached hydrogens (tertiary/aromatic N) is 3. The van der Waals surface area contributed by atoms with Crippen LogP contribution >= 0.6 is 11.6 Å². The molecular weight excluding hydrogens is 228 g/mol. The Bertz CT molecular complexity index is 535. The molecule has 0 radical (unpaired) electrons. The Kier molecular flexibility index (Phi) is 2.22. The summed E-state index contributed by atoms with van der Waals surface area (Å²) in [5.41, 5.74) is 0.859. The number of ether oxygens (including phenoxy) is 1. The highest BCUT2D eigenvalue weighted by Crippen LogP contribution is 2.27. The molecule has 0 aromatic carbocycles. The lowest BCUT2D eigenvalue weighted by atomic mass is 10.2. The Morgan fingerprint density at radius 3 is 2.94 bits per heavy atom. The van der Waals surface area contributed by atoms with Crippen molar-refractivity contribution in [1.82, 2.24) is 14.5 Å². The summed E-state index contributed by atoms with van der Waals surface area (Å²) in [6.07, 6.45) is 2.00. The van der Waals surface area contributed by atoms with E-state index in [0.717, 1.165) is 30.1 Å². The van der Waals surface area contributed by atoms with Crippen molar-refractivity contribution in [2.45, 2.75) is 6.04 Å². The van der Waals surface area contributed by atoms with Gasteiger partial charge >= 0.3 is 0 Å². The van der Waals surface area contributed by atoms with Crippen LogP contribution in [0.2, 0.25) is 5.28 Å². The molecule has 1 aliphatic rings. The SMILES string of the molecule is CNc1nc(Cl)nc2c1ccn2C1COC1. The molecule has 3 rings (SSSR count). The van der Waals surface area contributed by atoms with Crippen LogP contribution in [0.15, 0.2) is 12.3 Å². The van der Waals surface area contributed by atoms with Crippen LogP contribution in [0.3, 0.4) is 0 Å². The Labute approximate surface area is 97.4 Å². The molecule has 1 fully saturated rings. The number of rotatable bonds is 2. The predicted octanol–water partition coefficient (Wildman–Crippen LogP) is 1.70. The molecule has 6 heteroatoms. The number of nitrogens with one attached hydrogen (secondary N) is 1. The van der Waals surface area contributed by atoms with Crippen molar-refractivity contribution in [3.63, 3.8) is 0 Å². The fraction of sp³-hybridized carbons (Fsp3) is 0.400. The fourth-order valence-electron chi connectivity index (χ4n) is 1.88. The monoisotopic (exact) mass is 238 g/mol. The van der Waals surface area contributed by atoms with Gasteiger partial charge in [-0.25, -0.2) is 4.98 Å². The van der Waals surface area contributed by atoms with Crippen molar-refractivity contribution in [3.05, 3.63) is 17.5 Å². The van der Waals surface area contributed by atoms with Gasteiger partial charge in [-0.3, -0.25) is 0 Å². The largest absolute Gasteiger partial charge is 0.377 e. The molecule has 0 unspecified atom stereocenters.